The van der Waals surface area contributed by atoms with Crippen LogP contribution in [-0.2, 0) is 10.5 Å². The van der Waals surface area contributed by atoms with Crippen molar-refractivity contribution in [2.45, 2.75) is 24.8 Å². The molecule has 0 N–H and O–H groups in total. The van der Waals surface area contributed by atoms with Crippen molar-refractivity contribution in [3.63, 3.8) is 0 Å². The lowest BCUT2D eigenvalue weighted by Crippen LogP contribution is -2.12. The first-order valence-electron chi connectivity index (χ1n) is 9.32. The predicted octanol–water partition coefficient (Wildman–Crippen LogP) is 4.59. The number of fused-ring (bicyclic) bond motifs is 1. The van der Waals surface area contributed by atoms with Gasteiger partial charge in [0, 0.05) is 16.8 Å². The van der Waals surface area contributed by atoms with E-state index < -0.39 is 0 Å². The number of esters is 1. The largest absolute Gasteiger partial charge is 0.462 e. The highest BCUT2D eigenvalue weighted by atomic mass is 32.2. The number of para-hydroxylation sites is 2. The van der Waals surface area contributed by atoms with Crippen molar-refractivity contribution in [3.05, 3.63) is 77.7 Å². The van der Waals surface area contributed by atoms with Gasteiger partial charge in [0.15, 0.2) is 5.16 Å². The van der Waals surface area contributed by atoms with Crippen LogP contribution in [0.4, 0.5) is 0 Å². The number of nitrogens with zero attached hydrogens (tertiary/aromatic N) is 4. The number of hydrogen-bond acceptors (Lipinski definition) is 6. The van der Waals surface area contributed by atoms with E-state index in [0.717, 1.165) is 27.3 Å². The maximum Gasteiger partial charge on any atom is 0.340 e. The van der Waals surface area contributed by atoms with Crippen LogP contribution in [0.25, 0.3) is 16.6 Å². The number of aryl methyl sites for hydroxylation is 1. The number of benzene rings is 2. The first-order chi connectivity index (χ1) is 14.2. The Hall–Kier alpha value is -3.19. The fourth-order valence-corrected chi connectivity index (χ4v) is 4.11. The van der Waals surface area contributed by atoms with Gasteiger partial charge >= 0.3 is 5.97 Å². The minimum absolute atomic E-state index is 0.319. The fraction of sp³-hybridized carbons (Fsp3) is 0.182. The molecule has 0 atom stereocenters. The van der Waals surface area contributed by atoms with Crippen molar-refractivity contribution >= 4 is 28.6 Å². The molecule has 0 bridgehead atoms. The van der Waals surface area contributed by atoms with Gasteiger partial charge in [0.2, 0.25) is 0 Å². The average Bonchev–Trinajstić information content (AvgIpc) is 3.22. The van der Waals surface area contributed by atoms with Crippen LogP contribution in [0.5, 0.6) is 0 Å². The van der Waals surface area contributed by atoms with Gasteiger partial charge < -0.3 is 4.74 Å². The van der Waals surface area contributed by atoms with E-state index in [4.69, 9.17) is 9.72 Å². The number of pyridine rings is 1. The lowest BCUT2D eigenvalue weighted by atomic mass is 10.0. The molecule has 0 aliphatic carbocycles. The van der Waals surface area contributed by atoms with Crippen LogP contribution in [0.2, 0.25) is 0 Å². The van der Waals surface area contributed by atoms with E-state index in [2.05, 4.69) is 10.2 Å². The summed E-state index contributed by atoms with van der Waals surface area (Å²) < 4.78 is 7.23. The first kappa shape index (κ1) is 19.1. The van der Waals surface area contributed by atoms with Gasteiger partial charge in [-0.3, -0.25) is 9.55 Å². The minimum Gasteiger partial charge on any atom is -0.462 e. The van der Waals surface area contributed by atoms with Gasteiger partial charge in [-0.1, -0.05) is 48.2 Å². The van der Waals surface area contributed by atoms with Crippen molar-refractivity contribution in [1.82, 2.24) is 19.7 Å². The monoisotopic (exact) mass is 404 g/mol. The van der Waals surface area contributed by atoms with Crippen LogP contribution in [0.15, 0.2) is 66.1 Å². The van der Waals surface area contributed by atoms with E-state index >= 15 is 0 Å². The molecular weight excluding hydrogens is 384 g/mol. The molecule has 2 heterocycles. The highest BCUT2D eigenvalue weighted by molar-refractivity contribution is 7.98. The normalized spacial score (nSPS) is 11.0. The van der Waals surface area contributed by atoms with Gasteiger partial charge in [-0.25, -0.2) is 4.79 Å². The smallest absolute Gasteiger partial charge is 0.340 e. The Morgan fingerprint density at radius 2 is 1.86 bits per heavy atom. The van der Waals surface area contributed by atoms with Crippen molar-refractivity contribution in [3.8, 4) is 5.69 Å². The van der Waals surface area contributed by atoms with Gasteiger partial charge in [0.25, 0.3) is 0 Å². The zero-order valence-electron chi connectivity index (χ0n) is 16.2. The second-order valence-corrected chi connectivity index (χ2v) is 7.35. The molecule has 0 aliphatic heterocycles. The molecule has 0 saturated carbocycles. The van der Waals surface area contributed by atoms with Gasteiger partial charge in [0.1, 0.15) is 6.33 Å². The Morgan fingerprint density at radius 3 is 2.66 bits per heavy atom. The van der Waals surface area contributed by atoms with Crippen LogP contribution in [0.3, 0.4) is 0 Å². The maximum atomic E-state index is 12.7. The van der Waals surface area contributed by atoms with Crippen molar-refractivity contribution < 1.29 is 9.53 Å². The Morgan fingerprint density at radius 1 is 1.10 bits per heavy atom. The zero-order valence-corrected chi connectivity index (χ0v) is 17.0. The Kier molecular flexibility index (Phi) is 5.57. The van der Waals surface area contributed by atoms with E-state index in [1.165, 1.54) is 11.8 Å². The quantitative estimate of drug-likeness (QED) is 0.346. The van der Waals surface area contributed by atoms with Gasteiger partial charge in [-0.05, 0) is 37.6 Å². The van der Waals surface area contributed by atoms with Gasteiger partial charge in [0.05, 0.1) is 23.4 Å². The summed E-state index contributed by atoms with van der Waals surface area (Å²) in [6, 6.07) is 17.7. The van der Waals surface area contributed by atoms with Crippen molar-refractivity contribution in [1.29, 1.82) is 0 Å². The molecule has 0 amide bonds. The molecule has 146 valence electrons. The first-order valence-corrected chi connectivity index (χ1v) is 10.3. The standard InChI is InChI=1S/C22H20N4O2S/c1-3-28-21(27)20-15(2)17-11-7-8-12-18(17)24-19(20)13-29-22-25-23-14-26(22)16-9-5-4-6-10-16/h4-12,14H,3,13H2,1-2H3. The number of thioether (sulfide) groups is 1. The molecule has 29 heavy (non-hydrogen) atoms. The molecule has 6 nitrogen and oxygen atoms in total. The second-order valence-electron chi connectivity index (χ2n) is 6.40. The Labute approximate surface area is 172 Å². The molecule has 4 rings (SSSR count). The van der Waals surface area contributed by atoms with E-state index in [-0.39, 0.29) is 5.97 Å². The lowest BCUT2D eigenvalue weighted by Gasteiger charge is -2.14. The molecule has 2 aromatic heterocycles. The molecule has 0 unspecified atom stereocenters. The number of hydrogen-bond donors (Lipinski definition) is 0. The van der Waals surface area contributed by atoms with Crippen LogP contribution in [-0.4, -0.2) is 32.3 Å². The summed E-state index contributed by atoms with van der Waals surface area (Å²) in [4.78, 5) is 17.4. The summed E-state index contributed by atoms with van der Waals surface area (Å²) in [6.45, 7) is 4.06. The molecule has 2 aromatic carbocycles. The molecule has 0 aliphatic rings. The summed E-state index contributed by atoms with van der Waals surface area (Å²) >= 11 is 1.49. The lowest BCUT2D eigenvalue weighted by molar-refractivity contribution is 0.0524. The third-order valence-corrected chi connectivity index (χ3v) is 5.55. The van der Waals surface area contributed by atoms with E-state index in [0.29, 0.717) is 23.6 Å². The predicted molar refractivity (Wildman–Crippen MR) is 113 cm³/mol. The average molecular weight is 404 g/mol. The Bertz CT molecular complexity index is 1160. The van der Waals surface area contributed by atoms with Crippen molar-refractivity contribution in [2.24, 2.45) is 0 Å². The zero-order chi connectivity index (χ0) is 20.2. The molecule has 0 radical (unpaired) electrons. The summed E-state index contributed by atoms with van der Waals surface area (Å²) in [7, 11) is 0. The number of carbonyl (C=O) groups excluding carboxylic acids is 1. The van der Waals surface area contributed by atoms with E-state index in [9.17, 15) is 4.79 Å². The van der Waals surface area contributed by atoms with Crippen LogP contribution < -0.4 is 0 Å². The third-order valence-electron chi connectivity index (χ3n) is 4.60. The summed E-state index contributed by atoms with van der Waals surface area (Å²) in [6.07, 6.45) is 1.68. The topological polar surface area (TPSA) is 69.9 Å². The highest BCUT2D eigenvalue weighted by Crippen LogP contribution is 2.29. The van der Waals surface area contributed by atoms with E-state index in [1.54, 1.807) is 13.3 Å². The fourth-order valence-electron chi connectivity index (χ4n) is 3.24. The van der Waals surface area contributed by atoms with Gasteiger partial charge in [-0.2, -0.15) is 0 Å². The number of aromatic nitrogens is 4. The summed E-state index contributed by atoms with van der Waals surface area (Å²) in [5.74, 6) is 0.133. The highest BCUT2D eigenvalue weighted by Gasteiger charge is 2.20. The van der Waals surface area contributed by atoms with E-state index in [1.807, 2.05) is 66.1 Å². The number of ether oxygens (including phenoxy) is 1. The molecule has 0 saturated heterocycles. The van der Waals surface area contributed by atoms with Gasteiger partial charge in [-0.15, -0.1) is 10.2 Å². The summed E-state index contributed by atoms with van der Waals surface area (Å²) in [5, 5.41) is 9.97. The van der Waals surface area contributed by atoms with Crippen LogP contribution in [0, 0.1) is 6.92 Å². The SMILES string of the molecule is CCOC(=O)c1c(CSc2nncn2-c2ccccc2)nc2ccccc2c1C. The Balaban J connectivity index is 1.71. The maximum absolute atomic E-state index is 12.7. The van der Waals surface area contributed by atoms with Crippen LogP contribution >= 0.6 is 11.8 Å². The second kappa shape index (κ2) is 8.45. The summed E-state index contributed by atoms with van der Waals surface area (Å²) in [5.41, 5.74) is 3.94. The molecule has 0 spiro atoms. The molecule has 4 aromatic rings. The minimum atomic E-state index is -0.344. The number of carbonyl (C=O) groups is 1. The number of rotatable bonds is 6. The van der Waals surface area contributed by atoms with Crippen molar-refractivity contribution in [2.75, 3.05) is 6.61 Å². The molecular formula is C22H20N4O2S. The van der Waals surface area contributed by atoms with Crippen LogP contribution in [0.1, 0.15) is 28.5 Å². The third kappa shape index (κ3) is 3.86. The molecule has 0 fully saturated rings. The molecule has 7 heteroatoms.